The first-order chi connectivity index (χ1) is 12.3. The fourth-order valence-corrected chi connectivity index (χ4v) is 4.24. The number of ether oxygens (including phenoxy) is 1. The van der Waals surface area contributed by atoms with Crippen LogP contribution >= 0.6 is 11.3 Å². The van der Waals surface area contributed by atoms with Crippen LogP contribution in [0.4, 0.5) is 0 Å². The number of amides is 1. The Labute approximate surface area is 156 Å². The van der Waals surface area contributed by atoms with E-state index in [1.165, 1.54) is 0 Å². The van der Waals surface area contributed by atoms with E-state index in [-0.39, 0.29) is 11.4 Å². The highest BCUT2D eigenvalue weighted by molar-refractivity contribution is 7.09. The van der Waals surface area contributed by atoms with Crippen molar-refractivity contribution in [2.45, 2.75) is 45.6 Å². The molecule has 1 aromatic heterocycles. The average molecular weight is 374 g/mol. The van der Waals surface area contributed by atoms with Crippen molar-refractivity contribution in [3.63, 3.8) is 0 Å². The van der Waals surface area contributed by atoms with Crippen molar-refractivity contribution in [2.75, 3.05) is 6.61 Å². The zero-order valence-electron chi connectivity index (χ0n) is 15.1. The number of rotatable bonds is 6. The van der Waals surface area contributed by atoms with Crippen LogP contribution in [0.5, 0.6) is 5.75 Å². The Hall–Kier alpha value is -2.41. The Morgan fingerprint density at radius 1 is 1.27 bits per heavy atom. The summed E-state index contributed by atoms with van der Waals surface area (Å²) >= 11 is 1.59. The van der Waals surface area contributed by atoms with E-state index >= 15 is 0 Å². The molecule has 1 heterocycles. The third-order valence-electron chi connectivity index (χ3n) is 4.65. The number of carboxylic acids is 1. The van der Waals surface area contributed by atoms with Gasteiger partial charge in [0.15, 0.2) is 6.61 Å². The van der Waals surface area contributed by atoms with Crippen LogP contribution in [-0.4, -0.2) is 28.6 Å². The van der Waals surface area contributed by atoms with Crippen molar-refractivity contribution in [1.82, 2.24) is 10.3 Å². The van der Waals surface area contributed by atoms with Gasteiger partial charge in [-0.3, -0.25) is 4.79 Å². The molecule has 0 spiro atoms. The normalized spacial score (nSPS) is 15.2. The Bertz CT molecular complexity index is 832. The van der Waals surface area contributed by atoms with Crippen LogP contribution in [0.15, 0.2) is 17.5 Å². The first kappa shape index (κ1) is 18.4. The fourth-order valence-electron chi connectivity index (χ4n) is 3.23. The van der Waals surface area contributed by atoms with Gasteiger partial charge in [-0.2, -0.15) is 0 Å². The molecule has 0 atom stereocenters. The second kappa shape index (κ2) is 7.07. The van der Waals surface area contributed by atoms with Crippen LogP contribution in [0.2, 0.25) is 0 Å². The molecule has 0 bridgehead atoms. The zero-order valence-corrected chi connectivity index (χ0v) is 15.9. The maximum Gasteiger partial charge on any atom is 0.341 e. The highest BCUT2D eigenvalue weighted by Crippen LogP contribution is 2.42. The van der Waals surface area contributed by atoms with E-state index in [1.807, 2.05) is 26.2 Å². The van der Waals surface area contributed by atoms with Gasteiger partial charge >= 0.3 is 5.97 Å². The summed E-state index contributed by atoms with van der Waals surface area (Å²) < 4.78 is 5.33. The van der Waals surface area contributed by atoms with Gasteiger partial charge in [0, 0.05) is 16.6 Å². The van der Waals surface area contributed by atoms with E-state index in [0.29, 0.717) is 11.3 Å². The Morgan fingerprint density at radius 2 is 1.92 bits per heavy atom. The Morgan fingerprint density at radius 3 is 2.38 bits per heavy atom. The molecule has 2 aromatic rings. The minimum absolute atomic E-state index is 0.145. The summed E-state index contributed by atoms with van der Waals surface area (Å²) in [6.45, 7) is 5.17. The number of benzene rings is 1. The number of hydrogen-bond acceptors (Lipinski definition) is 5. The van der Waals surface area contributed by atoms with Gasteiger partial charge in [0.2, 0.25) is 0 Å². The van der Waals surface area contributed by atoms with Gasteiger partial charge in [-0.05, 0) is 63.3 Å². The number of aryl methyl sites for hydroxylation is 3. The molecule has 2 N–H and O–H groups in total. The number of carbonyl (C=O) groups excluding carboxylic acids is 1. The molecule has 1 aliphatic rings. The number of nitrogens with zero attached hydrogens (tertiary/aromatic N) is 1. The number of carboxylic acid groups (broad SMARTS) is 1. The highest BCUT2D eigenvalue weighted by atomic mass is 32.1. The second-order valence-electron chi connectivity index (χ2n) is 6.81. The molecule has 1 amide bonds. The van der Waals surface area contributed by atoms with E-state index in [9.17, 15) is 9.59 Å². The lowest BCUT2D eigenvalue weighted by molar-refractivity contribution is -0.139. The largest absolute Gasteiger partial charge is 0.481 e. The van der Waals surface area contributed by atoms with Gasteiger partial charge in [0.25, 0.3) is 5.91 Å². The monoisotopic (exact) mass is 374 g/mol. The van der Waals surface area contributed by atoms with E-state index in [1.54, 1.807) is 23.5 Å². The van der Waals surface area contributed by atoms with Crippen molar-refractivity contribution in [3.8, 4) is 5.75 Å². The standard InChI is InChI=1S/C19H22N2O4S/c1-11-7-14(8-12(2)16(11)25-9-15(22)23)17(24)21-19(5-4-6-19)18-20-13(3)10-26-18/h7-8,10H,4-6,9H2,1-3H3,(H,21,24)(H,22,23). The molecule has 0 unspecified atom stereocenters. The zero-order chi connectivity index (χ0) is 18.9. The molecule has 0 radical (unpaired) electrons. The molecular weight excluding hydrogens is 352 g/mol. The van der Waals surface area contributed by atoms with Crippen LogP contribution in [0.1, 0.15) is 51.4 Å². The van der Waals surface area contributed by atoms with E-state index < -0.39 is 12.6 Å². The van der Waals surface area contributed by atoms with Gasteiger partial charge < -0.3 is 15.2 Å². The summed E-state index contributed by atoms with van der Waals surface area (Å²) in [5, 5.41) is 14.9. The summed E-state index contributed by atoms with van der Waals surface area (Å²) in [5.74, 6) is -0.664. The van der Waals surface area contributed by atoms with Crippen molar-refractivity contribution in [3.05, 3.63) is 44.9 Å². The summed E-state index contributed by atoms with van der Waals surface area (Å²) in [7, 11) is 0. The van der Waals surface area contributed by atoms with Crippen LogP contribution in [0.3, 0.4) is 0 Å². The van der Waals surface area contributed by atoms with Gasteiger partial charge in [0.05, 0.1) is 5.54 Å². The third kappa shape index (κ3) is 3.58. The second-order valence-corrected chi connectivity index (χ2v) is 7.66. The maximum absolute atomic E-state index is 12.8. The van der Waals surface area contributed by atoms with Crippen LogP contribution < -0.4 is 10.1 Å². The molecule has 6 nitrogen and oxygen atoms in total. The van der Waals surface area contributed by atoms with E-state index in [4.69, 9.17) is 9.84 Å². The lowest BCUT2D eigenvalue weighted by Gasteiger charge is -2.40. The average Bonchev–Trinajstić information content (AvgIpc) is 2.96. The van der Waals surface area contributed by atoms with E-state index in [2.05, 4.69) is 10.3 Å². The first-order valence-electron chi connectivity index (χ1n) is 8.52. The maximum atomic E-state index is 12.8. The van der Waals surface area contributed by atoms with Gasteiger partial charge in [-0.25, -0.2) is 9.78 Å². The fraction of sp³-hybridized carbons (Fsp3) is 0.421. The van der Waals surface area contributed by atoms with Crippen LogP contribution in [0.25, 0.3) is 0 Å². The van der Waals surface area contributed by atoms with Crippen molar-refractivity contribution in [1.29, 1.82) is 0 Å². The summed E-state index contributed by atoms with van der Waals surface area (Å²) in [6, 6.07) is 3.47. The molecule has 1 aliphatic carbocycles. The minimum Gasteiger partial charge on any atom is -0.481 e. The molecular formula is C19H22N2O4S. The summed E-state index contributed by atoms with van der Waals surface area (Å²) in [5.41, 5.74) is 2.63. The summed E-state index contributed by atoms with van der Waals surface area (Å²) in [6.07, 6.45) is 2.85. The molecule has 1 aromatic carbocycles. The van der Waals surface area contributed by atoms with Crippen molar-refractivity contribution >= 4 is 23.2 Å². The summed E-state index contributed by atoms with van der Waals surface area (Å²) in [4.78, 5) is 28.1. The Balaban J connectivity index is 1.80. The minimum atomic E-state index is -1.03. The topological polar surface area (TPSA) is 88.5 Å². The highest BCUT2D eigenvalue weighted by Gasteiger charge is 2.42. The predicted octanol–water partition coefficient (Wildman–Crippen LogP) is 3.34. The van der Waals surface area contributed by atoms with Crippen LogP contribution in [-0.2, 0) is 10.3 Å². The SMILES string of the molecule is Cc1csc(C2(NC(=O)c3cc(C)c(OCC(=O)O)c(C)c3)CCC2)n1. The molecule has 138 valence electrons. The molecule has 7 heteroatoms. The van der Waals surface area contributed by atoms with Gasteiger partial charge in [0.1, 0.15) is 10.8 Å². The predicted molar refractivity (Wildman–Crippen MR) is 98.9 cm³/mol. The lowest BCUT2D eigenvalue weighted by atomic mass is 9.77. The number of hydrogen-bond donors (Lipinski definition) is 2. The van der Waals surface area contributed by atoms with Crippen LogP contribution in [0, 0.1) is 20.8 Å². The van der Waals surface area contributed by atoms with Gasteiger partial charge in [-0.1, -0.05) is 0 Å². The molecule has 3 rings (SSSR count). The quantitative estimate of drug-likeness (QED) is 0.809. The van der Waals surface area contributed by atoms with E-state index in [0.717, 1.165) is 41.1 Å². The number of aliphatic carboxylic acids is 1. The van der Waals surface area contributed by atoms with Crippen molar-refractivity contribution < 1.29 is 19.4 Å². The molecule has 0 aliphatic heterocycles. The third-order valence-corrected chi connectivity index (χ3v) is 5.82. The number of aromatic nitrogens is 1. The number of nitrogens with one attached hydrogen (secondary N) is 1. The molecule has 26 heavy (non-hydrogen) atoms. The molecule has 0 saturated heterocycles. The number of thiazole rings is 1. The Kier molecular flexibility index (Phi) is 5.00. The van der Waals surface area contributed by atoms with Gasteiger partial charge in [-0.15, -0.1) is 11.3 Å². The first-order valence-corrected chi connectivity index (χ1v) is 9.40. The molecule has 1 fully saturated rings. The number of carbonyl (C=O) groups is 2. The van der Waals surface area contributed by atoms with Crippen molar-refractivity contribution in [2.24, 2.45) is 0 Å². The molecule has 1 saturated carbocycles. The smallest absolute Gasteiger partial charge is 0.341 e. The lowest BCUT2D eigenvalue weighted by Crippen LogP contribution is -2.50.